The molecule has 3 nitrogen and oxygen atoms in total. The molecule has 0 heterocycles. The summed E-state index contributed by atoms with van der Waals surface area (Å²) in [6.07, 6.45) is -0.763. The third-order valence-corrected chi connectivity index (χ3v) is 1.41. The zero-order valence-corrected chi connectivity index (χ0v) is 9.99. The van der Waals surface area contributed by atoms with Gasteiger partial charge in [0.2, 0.25) is 0 Å². The van der Waals surface area contributed by atoms with Crippen molar-refractivity contribution in [2.45, 2.75) is 6.61 Å². The summed E-state index contributed by atoms with van der Waals surface area (Å²) in [7, 11) is 0. The van der Waals surface area contributed by atoms with Gasteiger partial charge >= 0.3 is 29.6 Å². The summed E-state index contributed by atoms with van der Waals surface area (Å²) < 4.78 is 7.45. The van der Waals surface area contributed by atoms with Crippen LogP contribution in [0.25, 0.3) is 0 Å². The standard InChI is InChI=1S/C8H8ClNO2.Na/c9-10-8(11)12-6-7-4-2-1-3-5-7;/h1-5H,6H2,(H,10,11);/q;+1/p-1. The Hall–Kier alpha value is -0.220. The third-order valence-electron chi connectivity index (χ3n) is 1.27. The minimum Gasteiger partial charge on any atom is -0.595 e. The predicted octanol–water partition coefficient (Wildman–Crippen LogP) is -1.92. The summed E-state index contributed by atoms with van der Waals surface area (Å²) in [4.78, 5) is 0. The first-order chi connectivity index (χ1) is 5.83. The molecule has 0 bridgehead atoms. The van der Waals surface area contributed by atoms with Crippen molar-refractivity contribution in [2.75, 3.05) is 0 Å². The number of halogens is 1. The largest absolute Gasteiger partial charge is 1.00 e. The molecule has 0 atom stereocenters. The molecule has 0 aliphatic heterocycles. The Morgan fingerprint density at radius 2 is 2.00 bits per heavy atom. The van der Waals surface area contributed by atoms with Crippen LogP contribution in [-0.4, -0.2) is 6.08 Å². The average molecular weight is 208 g/mol. The Bertz CT molecular complexity index is 266. The molecule has 1 rings (SSSR count). The van der Waals surface area contributed by atoms with Gasteiger partial charge in [-0.1, -0.05) is 30.3 Å². The number of hydrogen-bond donors (Lipinski definition) is 0. The maximum Gasteiger partial charge on any atom is 1.00 e. The summed E-state index contributed by atoms with van der Waals surface area (Å²) in [5.41, 5.74) is 0.908. The molecule has 0 fully saturated rings. The Morgan fingerprint density at radius 1 is 1.38 bits per heavy atom. The molecule has 64 valence electrons. The SMILES string of the molecule is [Na+].[O-]/C(=N\Cl)OCc1ccccc1. The molecule has 0 aliphatic rings. The molecular weight excluding hydrogens is 201 g/mol. The van der Waals surface area contributed by atoms with E-state index in [1.54, 1.807) is 0 Å². The second kappa shape index (κ2) is 7.21. The Kier molecular flexibility index (Phi) is 7.09. The van der Waals surface area contributed by atoms with Crippen molar-refractivity contribution in [1.29, 1.82) is 0 Å². The fourth-order valence-electron chi connectivity index (χ4n) is 0.744. The molecule has 5 heteroatoms. The fraction of sp³-hybridized carbons (Fsp3) is 0.125. The van der Waals surface area contributed by atoms with E-state index in [1.165, 1.54) is 0 Å². The van der Waals surface area contributed by atoms with Crippen LogP contribution in [-0.2, 0) is 11.3 Å². The van der Waals surface area contributed by atoms with Crippen LogP contribution >= 0.6 is 11.8 Å². The fourth-order valence-corrected chi connectivity index (χ4v) is 0.792. The Balaban J connectivity index is 0.00000144. The van der Waals surface area contributed by atoms with Gasteiger partial charge < -0.3 is 9.84 Å². The molecule has 0 radical (unpaired) electrons. The van der Waals surface area contributed by atoms with Gasteiger partial charge in [-0.05, 0) is 5.56 Å². The van der Waals surface area contributed by atoms with Crippen molar-refractivity contribution < 1.29 is 39.4 Å². The normalized spacial score (nSPS) is 10.4. The second-order valence-electron chi connectivity index (χ2n) is 2.12. The molecule has 1 aromatic carbocycles. The van der Waals surface area contributed by atoms with Crippen LogP contribution < -0.4 is 34.7 Å². The van der Waals surface area contributed by atoms with Gasteiger partial charge in [-0.3, -0.25) is 0 Å². The first-order valence-corrected chi connectivity index (χ1v) is 3.69. The van der Waals surface area contributed by atoms with E-state index in [9.17, 15) is 5.11 Å². The van der Waals surface area contributed by atoms with Crippen LogP contribution in [0.4, 0.5) is 0 Å². The second-order valence-corrected chi connectivity index (χ2v) is 2.29. The molecule has 1 aromatic rings. The molecule has 0 saturated heterocycles. The van der Waals surface area contributed by atoms with E-state index in [4.69, 9.17) is 11.8 Å². The zero-order valence-electron chi connectivity index (χ0n) is 7.24. The minimum absolute atomic E-state index is 0. The van der Waals surface area contributed by atoms with Gasteiger partial charge in [0.25, 0.3) is 0 Å². The van der Waals surface area contributed by atoms with Gasteiger partial charge in [-0.25, -0.2) is 0 Å². The molecular formula is C8H7ClNNaO2. The summed E-state index contributed by atoms with van der Waals surface area (Å²) >= 11 is 4.87. The molecule has 0 spiro atoms. The van der Waals surface area contributed by atoms with Crippen LogP contribution in [0.15, 0.2) is 34.8 Å². The maximum atomic E-state index is 10.5. The number of nitrogens with zero attached hydrogens (tertiary/aromatic N) is 1. The van der Waals surface area contributed by atoms with E-state index in [0.29, 0.717) is 0 Å². The van der Waals surface area contributed by atoms with Crippen molar-refractivity contribution >= 4 is 17.9 Å². The molecule has 0 saturated carbocycles. The van der Waals surface area contributed by atoms with Crippen molar-refractivity contribution in [3.63, 3.8) is 0 Å². The van der Waals surface area contributed by atoms with Gasteiger partial charge in [0.15, 0.2) is 6.08 Å². The maximum absolute atomic E-state index is 10.5. The van der Waals surface area contributed by atoms with Gasteiger partial charge in [0.05, 0.1) is 0 Å². The van der Waals surface area contributed by atoms with Crippen LogP contribution in [0, 0.1) is 0 Å². The van der Waals surface area contributed by atoms with Crippen molar-refractivity contribution in [3.05, 3.63) is 35.9 Å². The van der Waals surface area contributed by atoms with E-state index in [0.717, 1.165) is 5.56 Å². The average Bonchev–Trinajstić information content (AvgIpc) is 2.16. The van der Waals surface area contributed by atoms with Gasteiger partial charge in [0, 0.05) is 18.4 Å². The van der Waals surface area contributed by atoms with E-state index >= 15 is 0 Å². The predicted molar refractivity (Wildman–Crippen MR) is 44.5 cm³/mol. The summed E-state index contributed by atoms with van der Waals surface area (Å²) in [6, 6.07) is 9.31. The smallest absolute Gasteiger partial charge is 0.595 e. The molecule has 0 unspecified atom stereocenters. The quantitative estimate of drug-likeness (QED) is 0.322. The zero-order chi connectivity index (χ0) is 8.81. The third kappa shape index (κ3) is 5.16. The Labute approximate surface area is 104 Å². The van der Waals surface area contributed by atoms with Gasteiger partial charge in [-0.15, -0.1) is 0 Å². The monoisotopic (exact) mass is 207 g/mol. The van der Waals surface area contributed by atoms with E-state index in [-0.39, 0.29) is 36.2 Å². The van der Waals surface area contributed by atoms with Crippen LogP contribution in [0.5, 0.6) is 0 Å². The Morgan fingerprint density at radius 3 is 2.54 bits per heavy atom. The molecule has 0 aliphatic carbocycles. The number of hydrogen-bond acceptors (Lipinski definition) is 3. The van der Waals surface area contributed by atoms with Crippen molar-refractivity contribution in [3.8, 4) is 0 Å². The van der Waals surface area contributed by atoms with Crippen LogP contribution in [0.2, 0.25) is 0 Å². The summed E-state index contributed by atoms with van der Waals surface area (Å²) in [5, 5.41) is 10.5. The van der Waals surface area contributed by atoms with Gasteiger partial charge in [0.1, 0.15) is 0 Å². The van der Waals surface area contributed by atoms with Crippen LogP contribution in [0.1, 0.15) is 5.56 Å². The summed E-state index contributed by atoms with van der Waals surface area (Å²) in [6.45, 7) is 0.204. The van der Waals surface area contributed by atoms with Crippen molar-refractivity contribution in [2.24, 2.45) is 4.51 Å². The minimum atomic E-state index is -0.763. The molecule has 0 aromatic heterocycles. The topological polar surface area (TPSA) is 44.7 Å². The molecule has 0 N–H and O–H groups in total. The number of rotatable bonds is 2. The first kappa shape index (κ1) is 12.8. The summed E-state index contributed by atoms with van der Waals surface area (Å²) in [5.74, 6) is 0. The molecule has 13 heavy (non-hydrogen) atoms. The van der Waals surface area contributed by atoms with Gasteiger partial charge in [-0.2, -0.15) is 4.51 Å². The van der Waals surface area contributed by atoms with E-state index in [2.05, 4.69) is 9.25 Å². The van der Waals surface area contributed by atoms with Crippen molar-refractivity contribution in [1.82, 2.24) is 0 Å². The molecule has 0 amide bonds. The number of ether oxygens (including phenoxy) is 1. The number of benzene rings is 1. The van der Waals surface area contributed by atoms with E-state index < -0.39 is 6.08 Å². The van der Waals surface area contributed by atoms with Crippen LogP contribution in [0.3, 0.4) is 0 Å². The van der Waals surface area contributed by atoms with E-state index in [1.807, 2.05) is 30.3 Å². The first-order valence-electron chi connectivity index (χ1n) is 3.35.